The number of methoxy groups -OCH3 is 2. The molecule has 6 nitrogen and oxygen atoms in total. The number of hydrogen-bond donors (Lipinski definition) is 1. The first-order valence-corrected chi connectivity index (χ1v) is 7.29. The fourth-order valence-corrected chi connectivity index (χ4v) is 2.53. The lowest BCUT2D eigenvalue weighted by molar-refractivity contribution is -0.126. The number of nitrogens with zero attached hydrogens (tertiary/aromatic N) is 1. The van der Waals surface area contributed by atoms with Gasteiger partial charge >= 0.3 is 0 Å². The average Bonchev–Trinajstić information content (AvgIpc) is 2.87. The molecule has 1 aromatic rings. The summed E-state index contributed by atoms with van der Waals surface area (Å²) in [4.78, 5) is 25.9. The molecule has 1 unspecified atom stereocenters. The normalized spacial score (nSPS) is 17.8. The van der Waals surface area contributed by atoms with Crippen molar-refractivity contribution in [2.45, 2.75) is 26.3 Å². The van der Waals surface area contributed by atoms with Crippen LogP contribution in [0.15, 0.2) is 18.2 Å². The predicted molar refractivity (Wildman–Crippen MR) is 83.3 cm³/mol. The number of rotatable bonds is 5. The van der Waals surface area contributed by atoms with E-state index in [0.717, 1.165) is 0 Å². The summed E-state index contributed by atoms with van der Waals surface area (Å²) in [5, 5.41) is 2.86. The second-order valence-electron chi connectivity index (χ2n) is 5.61. The third-order valence-corrected chi connectivity index (χ3v) is 3.60. The van der Waals surface area contributed by atoms with E-state index >= 15 is 0 Å². The fraction of sp³-hybridized carbons (Fsp3) is 0.500. The number of nitrogens with one attached hydrogen (secondary N) is 1. The first kappa shape index (κ1) is 16.1. The Kier molecular flexibility index (Phi) is 4.90. The van der Waals surface area contributed by atoms with Crippen molar-refractivity contribution in [3.8, 4) is 11.5 Å². The SMILES string of the molecule is COc1ccc(N2CC(C(=O)NC(C)C)CC2=O)c(OC)c1. The van der Waals surface area contributed by atoms with Gasteiger partial charge in [0.25, 0.3) is 0 Å². The third kappa shape index (κ3) is 3.32. The van der Waals surface area contributed by atoms with Crippen LogP contribution in [0, 0.1) is 5.92 Å². The molecule has 6 heteroatoms. The molecule has 0 spiro atoms. The monoisotopic (exact) mass is 306 g/mol. The second-order valence-corrected chi connectivity index (χ2v) is 5.61. The van der Waals surface area contributed by atoms with Gasteiger partial charge in [-0.2, -0.15) is 0 Å². The molecule has 120 valence electrons. The Hall–Kier alpha value is -2.24. The van der Waals surface area contributed by atoms with Crippen LogP contribution in [0.5, 0.6) is 11.5 Å². The highest BCUT2D eigenvalue weighted by Gasteiger charge is 2.36. The highest BCUT2D eigenvalue weighted by Crippen LogP contribution is 2.35. The van der Waals surface area contributed by atoms with Crippen LogP contribution >= 0.6 is 0 Å². The first-order chi connectivity index (χ1) is 10.5. The Morgan fingerprint density at radius 2 is 2.05 bits per heavy atom. The first-order valence-electron chi connectivity index (χ1n) is 7.29. The lowest BCUT2D eigenvalue weighted by Crippen LogP contribution is -2.37. The zero-order valence-electron chi connectivity index (χ0n) is 13.4. The maximum absolute atomic E-state index is 12.3. The van der Waals surface area contributed by atoms with E-state index in [-0.39, 0.29) is 30.2 Å². The largest absolute Gasteiger partial charge is 0.497 e. The minimum atomic E-state index is -0.332. The molecule has 1 aliphatic heterocycles. The molecule has 2 rings (SSSR count). The van der Waals surface area contributed by atoms with E-state index in [0.29, 0.717) is 23.7 Å². The molecule has 1 aliphatic rings. The Bertz CT molecular complexity index is 571. The van der Waals surface area contributed by atoms with Crippen molar-refractivity contribution in [3.63, 3.8) is 0 Å². The molecular formula is C16H22N2O4. The minimum absolute atomic E-state index is 0.0622. The van der Waals surface area contributed by atoms with Crippen LogP contribution in [0.3, 0.4) is 0 Å². The molecule has 0 bridgehead atoms. The molecular weight excluding hydrogens is 284 g/mol. The number of ether oxygens (including phenoxy) is 2. The van der Waals surface area contributed by atoms with Gasteiger partial charge in [0.2, 0.25) is 11.8 Å². The summed E-state index contributed by atoms with van der Waals surface area (Å²) < 4.78 is 10.5. The number of carbonyl (C=O) groups is 2. The van der Waals surface area contributed by atoms with Crippen LogP contribution in [0.1, 0.15) is 20.3 Å². The van der Waals surface area contributed by atoms with Gasteiger partial charge in [-0.15, -0.1) is 0 Å². The zero-order chi connectivity index (χ0) is 16.3. The number of anilines is 1. The molecule has 1 fully saturated rings. The molecule has 1 N–H and O–H groups in total. The average molecular weight is 306 g/mol. The molecule has 1 heterocycles. The van der Waals surface area contributed by atoms with Gasteiger partial charge in [0, 0.05) is 25.1 Å². The fourth-order valence-electron chi connectivity index (χ4n) is 2.53. The summed E-state index contributed by atoms with van der Waals surface area (Å²) >= 11 is 0. The van der Waals surface area contributed by atoms with E-state index in [2.05, 4.69) is 5.32 Å². The standard InChI is InChI=1S/C16H22N2O4/c1-10(2)17-16(20)11-7-15(19)18(9-11)13-6-5-12(21-3)8-14(13)22-4/h5-6,8,10-11H,7,9H2,1-4H3,(H,17,20). The summed E-state index contributed by atoms with van der Waals surface area (Å²) in [6.07, 6.45) is 0.216. The second kappa shape index (κ2) is 6.68. The maximum Gasteiger partial charge on any atom is 0.227 e. The molecule has 1 atom stereocenters. The summed E-state index contributed by atoms with van der Waals surface area (Å²) in [6.45, 7) is 4.16. The molecule has 22 heavy (non-hydrogen) atoms. The summed E-state index contributed by atoms with van der Waals surface area (Å²) in [5.41, 5.74) is 0.660. The van der Waals surface area contributed by atoms with Gasteiger partial charge in [-0.05, 0) is 26.0 Å². The van der Waals surface area contributed by atoms with Crippen LogP contribution in [-0.4, -0.2) is 38.6 Å². The van der Waals surface area contributed by atoms with Crippen molar-refractivity contribution in [2.24, 2.45) is 5.92 Å². The third-order valence-electron chi connectivity index (χ3n) is 3.60. The Balaban J connectivity index is 2.20. The van der Waals surface area contributed by atoms with Gasteiger partial charge in [-0.25, -0.2) is 0 Å². The Morgan fingerprint density at radius 3 is 2.64 bits per heavy atom. The highest BCUT2D eigenvalue weighted by atomic mass is 16.5. The van der Waals surface area contributed by atoms with Crippen molar-refractivity contribution in [2.75, 3.05) is 25.7 Å². The van der Waals surface area contributed by atoms with E-state index in [9.17, 15) is 9.59 Å². The van der Waals surface area contributed by atoms with E-state index in [1.165, 1.54) is 0 Å². The number of carbonyl (C=O) groups excluding carboxylic acids is 2. The summed E-state index contributed by atoms with van der Waals surface area (Å²) in [6, 6.07) is 5.34. The quantitative estimate of drug-likeness (QED) is 0.897. The lowest BCUT2D eigenvalue weighted by Gasteiger charge is -2.20. The highest BCUT2D eigenvalue weighted by molar-refractivity contribution is 6.01. The topological polar surface area (TPSA) is 67.9 Å². The lowest BCUT2D eigenvalue weighted by atomic mass is 10.1. The number of hydrogen-bond acceptors (Lipinski definition) is 4. The number of benzene rings is 1. The summed E-state index contributed by atoms with van der Waals surface area (Å²) in [7, 11) is 3.11. The van der Waals surface area contributed by atoms with Crippen LogP contribution in [0.2, 0.25) is 0 Å². The van der Waals surface area contributed by atoms with Crippen molar-refractivity contribution >= 4 is 17.5 Å². The summed E-state index contributed by atoms with van der Waals surface area (Å²) in [5.74, 6) is 0.714. The van der Waals surface area contributed by atoms with Crippen LogP contribution in [0.4, 0.5) is 5.69 Å². The van der Waals surface area contributed by atoms with E-state index < -0.39 is 0 Å². The molecule has 1 saturated heterocycles. The molecule has 0 aliphatic carbocycles. The van der Waals surface area contributed by atoms with Crippen molar-refractivity contribution in [1.29, 1.82) is 0 Å². The van der Waals surface area contributed by atoms with Gasteiger partial charge in [0.15, 0.2) is 0 Å². The van der Waals surface area contributed by atoms with Gasteiger partial charge in [0.05, 0.1) is 25.8 Å². The van der Waals surface area contributed by atoms with Crippen molar-refractivity contribution in [1.82, 2.24) is 5.32 Å². The van der Waals surface area contributed by atoms with Crippen LogP contribution in [0.25, 0.3) is 0 Å². The predicted octanol–water partition coefficient (Wildman–Crippen LogP) is 1.58. The van der Waals surface area contributed by atoms with Gasteiger partial charge in [-0.1, -0.05) is 0 Å². The molecule has 0 saturated carbocycles. The zero-order valence-corrected chi connectivity index (χ0v) is 13.4. The smallest absolute Gasteiger partial charge is 0.227 e. The Labute approximate surface area is 130 Å². The molecule has 1 aromatic carbocycles. The molecule has 2 amide bonds. The van der Waals surface area contributed by atoms with E-state index in [1.54, 1.807) is 37.3 Å². The minimum Gasteiger partial charge on any atom is -0.497 e. The van der Waals surface area contributed by atoms with Crippen LogP contribution < -0.4 is 19.7 Å². The van der Waals surface area contributed by atoms with Crippen molar-refractivity contribution < 1.29 is 19.1 Å². The van der Waals surface area contributed by atoms with Crippen molar-refractivity contribution in [3.05, 3.63) is 18.2 Å². The maximum atomic E-state index is 12.3. The number of amides is 2. The van der Waals surface area contributed by atoms with E-state index in [1.807, 2.05) is 13.8 Å². The Morgan fingerprint density at radius 1 is 1.32 bits per heavy atom. The van der Waals surface area contributed by atoms with Gasteiger partial charge in [-0.3, -0.25) is 9.59 Å². The van der Waals surface area contributed by atoms with E-state index in [4.69, 9.17) is 9.47 Å². The van der Waals surface area contributed by atoms with Gasteiger partial charge < -0.3 is 19.7 Å². The molecule has 0 aromatic heterocycles. The van der Waals surface area contributed by atoms with Crippen LogP contribution in [-0.2, 0) is 9.59 Å². The molecule has 0 radical (unpaired) electrons. The van der Waals surface area contributed by atoms with Gasteiger partial charge in [0.1, 0.15) is 11.5 Å².